The average molecular weight is 305 g/mol. The third kappa shape index (κ3) is 2.27. The second kappa shape index (κ2) is 5.23. The Morgan fingerprint density at radius 3 is 3.19 bits per heavy atom. The number of hydrogen-bond acceptors (Lipinski definition) is 4. The van der Waals surface area contributed by atoms with Gasteiger partial charge in [-0.05, 0) is 41.4 Å². The molecule has 0 saturated heterocycles. The lowest BCUT2D eigenvalue weighted by molar-refractivity contribution is 0.0520. The minimum Gasteiger partial charge on any atom is -0.462 e. The Balaban J connectivity index is 2.36. The van der Waals surface area contributed by atoms with Crippen LogP contribution in [0.15, 0.2) is 9.63 Å². The fourth-order valence-electron chi connectivity index (χ4n) is 1.62. The van der Waals surface area contributed by atoms with E-state index in [4.69, 9.17) is 4.74 Å². The number of carbonyl (C=O) groups is 1. The van der Waals surface area contributed by atoms with E-state index in [1.807, 2.05) is 4.68 Å². The van der Waals surface area contributed by atoms with Crippen molar-refractivity contribution in [2.24, 2.45) is 0 Å². The molecule has 88 valence electrons. The lowest BCUT2D eigenvalue weighted by Crippen LogP contribution is -2.06. The molecule has 0 spiro atoms. The van der Waals surface area contributed by atoms with Gasteiger partial charge in [0.1, 0.15) is 15.2 Å². The molecule has 0 aromatic carbocycles. The molecule has 16 heavy (non-hydrogen) atoms. The van der Waals surface area contributed by atoms with Crippen LogP contribution in [0.1, 0.15) is 30.1 Å². The van der Waals surface area contributed by atoms with E-state index in [2.05, 4.69) is 21.0 Å². The van der Waals surface area contributed by atoms with Gasteiger partial charge in [0.05, 0.1) is 6.61 Å². The molecule has 0 unspecified atom stereocenters. The van der Waals surface area contributed by atoms with E-state index < -0.39 is 0 Å². The second-order valence-electron chi connectivity index (χ2n) is 3.47. The average Bonchev–Trinajstić information content (AvgIpc) is 2.43. The van der Waals surface area contributed by atoms with Crippen molar-refractivity contribution in [1.29, 1.82) is 0 Å². The summed E-state index contributed by atoms with van der Waals surface area (Å²) < 4.78 is 7.53. The minimum absolute atomic E-state index is 0.287. The van der Waals surface area contributed by atoms with Crippen molar-refractivity contribution in [2.75, 3.05) is 12.4 Å². The van der Waals surface area contributed by atoms with Gasteiger partial charge in [0, 0.05) is 6.54 Å². The highest BCUT2D eigenvalue weighted by atomic mass is 79.9. The van der Waals surface area contributed by atoms with E-state index in [-0.39, 0.29) is 5.97 Å². The number of nitrogens with zero attached hydrogens (tertiary/aromatic N) is 2. The molecule has 0 amide bonds. The number of halogens is 1. The van der Waals surface area contributed by atoms with Crippen molar-refractivity contribution in [2.45, 2.75) is 31.3 Å². The zero-order valence-corrected chi connectivity index (χ0v) is 11.4. The molecule has 1 aromatic rings. The number of rotatable bonds is 2. The molecule has 2 rings (SSSR count). The van der Waals surface area contributed by atoms with Gasteiger partial charge in [0.2, 0.25) is 0 Å². The van der Waals surface area contributed by atoms with Gasteiger partial charge in [-0.1, -0.05) is 0 Å². The molecule has 1 aliphatic rings. The minimum atomic E-state index is -0.287. The van der Waals surface area contributed by atoms with Crippen molar-refractivity contribution in [3.8, 4) is 0 Å². The largest absolute Gasteiger partial charge is 0.462 e. The van der Waals surface area contributed by atoms with Crippen molar-refractivity contribution < 1.29 is 9.53 Å². The molecule has 4 nitrogen and oxygen atoms in total. The summed E-state index contributed by atoms with van der Waals surface area (Å²) in [6, 6.07) is 0. The van der Waals surface area contributed by atoms with Crippen LogP contribution in [0.2, 0.25) is 0 Å². The molecule has 0 bridgehead atoms. The normalized spacial score (nSPS) is 15.4. The second-order valence-corrected chi connectivity index (χ2v) is 5.30. The molecule has 1 aliphatic heterocycles. The van der Waals surface area contributed by atoms with E-state index in [0.717, 1.165) is 30.2 Å². The maximum Gasteiger partial charge on any atom is 0.343 e. The SMILES string of the molecule is CCOC(=O)c1c(Br)nn2c1SCCCC2. The van der Waals surface area contributed by atoms with Crippen LogP contribution in [0.25, 0.3) is 0 Å². The standard InChI is InChI=1S/C10H13BrN2O2S/c1-2-15-10(14)7-8(11)12-13-5-3-4-6-16-9(7)13/h2-6H2,1H3. The number of aromatic nitrogens is 2. The molecule has 1 aromatic heterocycles. The van der Waals surface area contributed by atoms with E-state index >= 15 is 0 Å². The first kappa shape index (κ1) is 12.0. The summed E-state index contributed by atoms with van der Waals surface area (Å²) in [4.78, 5) is 11.8. The Bertz CT molecular complexity index is 406. The summed E-state index contributed by atoms with van der Waals surface area (Å²) in [6.45, 7) is 3.07. The van der Waals surface area contributed by atoms with Gasteiger partial charge in [-0.2, -0.15) is 5.10 Å². The molecule has 6 heteroatoms. The summed E-state index contributed by atoms with van der Waals surface area (Å²) in [7, 11) is 0. The Labute approximate surface area is 107 Å². The quantitative estimate of drug-likeness (QED) is 0.788. The predicted octanol–water partition coefficient (Wildman–Crippen LogP) is 2.71. The van der Waals surface area contributed by atoms with Crippen molar-refractivity contribution in [3.63, 3.8) is 0 Å². The monoisotopic (exact) mass is 304 g/mol. The predicted molar refractivity (Wildman–Crippen MR) is 65.8 cm³/mol. The number of esters is 1. The van der Waals surface area contributed by atoms with Gasteiger partial charge in [-0.3, -0.25) is 4.68 Å². The maximum atomic E-state index is 11.8. The van der Waals surface area contributed by atoms with Crippen LogP contribution in [-0.2, 0) is 11.3 Å². The first-order chi connectivity index (χ1) is 7.74. The van der Waals surface area contributed by atoms with Gasteiger partial charge in [-0.25, -0.2) is 4.79 Å². The van der Waals surface area contributed by atoms with Crippen LogP contribution in [0.5, 0.6) is 0 Å². The summed E-state index contributed by atoms with van der Waals surface area (Å²) in [5.41, 5.74) is 0.578. The first-order valence-corrected chi connectivity index (χ1v) is 7.08. The maximum absolute atomic E-state index is 11.8. The van der Waals surface area contributed by atoms with Gasteiger partial charge >= 0.3 is 5.97 Å². The van der Waals surface area contributed by atoms with Gasteiger partial charge in [-0.15, -0.1) is 11.8 Å². The highest BCUT2D eigenvalue weighted by Gasteiger charge is 2.24. The van der Waals surface area contributed by atoms with Crippen LogP contribution < -0.4 is 0 Å². The highest BCUT2D eigenvalue weighted by Crippen LogP contribution is 2.32. The molecule has 0 fully saturated rings. The lowest BCUT2D eigenvalue weighted by atomic mass is 10.3. The summed E-state index contributed by atoms with van der Waals surface area (Å²) in [5, 5.41) is 5.26. The van der Waals surface area contributed by atoms with E-state index in [1.54, 1.807) is 18.7 Å². The zero-order valence-electron chi connectivity index (χ0n) is 9.03. The Kier molecular flexibility index (Phi) is 3.91. The molecule has 2 heterocycles. The van der Waals surface area contributed by atoms with Crippen LogP contribution in [0, 0.1) is 0 Å². The zero-order chi connectivity index (χ0) is 11.5. The van der Waals surface area contributed by atoms with Crippen molar-refractivity contribution >= 4 is 33.7 Å². The van der Waals surface area contributed by atoms with E-state index in [1.165, 1.54) is 0 Å². The number of carbonyl (C=O) groups excluding carboxylic acids is 1. The van der Waals surface area contributed by atoms with E-state index in [9.17, 15) is 4.79 Å². The van der Waals surface area contributed by atoms with Crippen LogP contribution >= 0.6 is 27.7 Å². The van der Waals surface area contributed by atoms with Gasteiger partial charge < -0.3 is 4.74 Å². The summed E-state index contributed by atoms with van der Waals surface area (Å²) >= 11 is 5.01. The number of aryl methyl sites for hydroxylation is 1. The molecule has 0 atom stereocenters. The number of fused-ring (bicyclic) bond motifs is 1. The smallest absolute Gasteiger partial charge is 0.343 e. The number of ether oxygens (including phenoxy) is 1. The molecule has 0 N–H and O–H groups in total. The highest BCUT2D eigenvalue weighted by molar-refractivity contribution is 9.10. The molecule has 0 saturated carbocycles. The fourth-order valence-corrected chi connectivity index (χ4v) is 3.44. The lowest BCUT2D eigenvalue weighted by Gasteiger charge is -2.03. The Hall–Kier alpha value is -0.490. The van der Waals surface area contributed by atoms with Gasteiger partial charge in [0.15, 0.2) is 0 Å². The van der Waals surface area contributed by atoms with E-state index in [0.29, 0.717) is 16.8 Å². The topological polar surface area (TPSA) is 44.1 Å². The summed E-state index contributed by atoms with van der Waals surface area (Å²) in [5.74, 6) is 0.745. The molecule has 0 aliphatic carbocycles. The van der Waals surface area contributed by atoms with Crippen molar-refractivity contribution in [3.05, 3.63) is 10.2 Å². The number of hydrogen-bond donors (Lipinski definition) is 0. The Morgan fingerprint density at radius 2 is 2.44 bits per heavy atom. The van der Waals surface area contributed by atoms with Crippen LogP contribution in [0.3, 0.4) is 0 Å². The van der Waals surface area contributed by atoms with Gasteiger partial charge in [0.25, 0.3) is 0 Å². The van der Waals surface area contributed by atoms with Crippen molar-refractivity contribution in [1.82, 2.24) is 9.78 Å². The molecule has 0 radical (unpaired) electrons. The fraction of sp³-hybridized carbons (Fsp3) is 0.600. The molecular weight excluding hydrogens is 292 g/mol. The summed E-state index contributed by atoms with van der Waals surface area (Å²) in [6.07, 6.45) is 2.27. The third-order valence-corrected chi connectivity index (χ3v) is 4.08. The Morgan fingerprint density at radius 1 is 1.62 bits per heavy atom. The first-order valence-electron chi connectivity index (χ1n) is 5.30. The van der Waals surface area contributed by atoms with Crippen LogP contribution in [0.4, 0.5) is 0 Å². The third-order valence-electron chi connectivity index (χ3n) is 2.35. The number of thioether (sulfide) groups is 1. The molecular formula is C10H13BrN2O2S. The van der Waals surface area contributed by atoms with Crippen LogP contribution in [-0.4, -0.2) is 28.1 Å².